The number of nitrogens with one attached hydrogen (secondary N) is 1. The van der Waals surface area contributed by atoms with E-state index in [9.17, 15) is 14.3 Å². The van der Waals surface area contributed by atoms with Crippen LogP contribution in [0.15, 0.2) is 28.8 Å². The Hall–Kier alpha value is -1.92. The van der Waals surface area contributed by atoms with E-state index in [1.54, 1.807) is 6.92 Å². The zero-order valence-electron chi connectivity index (χ0n) is 11.4. The zero-order chi connectivity index (χ0) is 15.6. The molecule has 5 nitrogen and oxygen atoms in total. The van der Waals surface area contributed by atoms with Crippen LogP contribution in [0.3, 0.4) is 0 Å². The summed E-state index contributed by atoms with van der Waals surface area (Å²) in [5.74, 6) is -0.662. The normalized spacial score (nSPS) is 13.8. The number of rotatable bonds is 4. The van der Waals surface area contributed by atoms with Gasteiger partial charge in [0.1, 0.15) is 17.7 Å². The fourth-order valence-electron chi connectivity index (χ4n) is 1.88. The fourth-order valence-corrected chi connectivity index (χ4v) is 2.15. The molecule has 1 aromatic heterocycles. The summed E-state index contributed by atoms with van der Waals surface area (Å²) in [6.45, 7) is 3.19. The number of carbonyl (C=O) groups excluding carboxylic acids is 1. The second-order valence-electron chi connectivity index (χ2n) is 4.67. The average Bonchev–Trinajstić information content (AvgIpc) is 2.85. The molecule has 0 aliphatic carbocycles. The number of aryl methyl sites for hydroxylation is 1. The van der Waals surface area contributed by atoms with Gasteiger partial charge in [-0.1, -0.05) is 22.8 Å². The molecule has 2 rings (SSSR count). The van der Waals surface area contributed by atoms with Gasteiger partial charge in [0.2, 0.25) is 0 Å². The highest BCUT2D eigenvalue weighted by molar-refractivity contribution is 6.31. The molecule has 1 aromatic carbocycles. The van der Waals surface area contributed by atoms with Crippen molar-refractivity contribution in [3.8, 4) is 0 Å². The van der Waals surface area contributed by atoms with E-state index >= 15 is 0 Å². The molecule has 2 unspecified atom stereocenters. The fraction of sp³-hybridized carbons (Fsp3) is 0.286. The van der Waals surface area contributed by atoms with Crippen LogP contribution in [0.4, 0.5) is 4.39 Å². The summed E-state index contributed by atoms with van der Waals surface area (Å²) in [6.07, 6.45) is -1.28. The van der Waals surface area contributed by atoms with Crippen LogP contribution in [0.5, 0.6) is 0 Å². The van der Waals surface area contributed by atoms with Crippen molar-refractivity contribution < 1.29 is 18.8 Å². The minimum atomic E-state index is -1.28. The van der Waals surface area contributed by atoms with E-state index in [1.165, 1.54) is 31.2 Å². The SMILES string of the molecule is Cc1cc(C(=O)NC(C)C(O)c2c(F)cccc2Cl)no1. The maximum Gasteiger partial charge on any atom is 0.273 e. The van der Waals surface area contributed by atoms with Gasteiger partial charge in [0.25, 0.3) is 5.91 Å². The molecular formula is C14H14ClFN2O3. The summed E-state index contributed by atoms with van der Waals surface area (Å²) in [6, 6.07) is 4.81. The number of hydrogen-bond acceptors (Lipinski definition) is 4. The van der Waals surface area contributed by atoms with Crippen molar-refractivity contribution in [3.05, 3.63) is 52.1 Å². The molecule has 0 spiro atoms. The van der Waals surface area contributed by atoms with Crippen molar-refractivity contribution in [2.75, 3.05) is 0 Å². The molecule has 2 aromatic rings. The first-order chi connectivity index (χ1) is 9.90. The maximum absolute atomic E-state index is 13.7. The first-order valence-electron chi connectivity index (χ1n) is 6.26. The van der Waals surface area contributed by atoms with Crippen LogP contribution in [0.25, 0.3) is 0 Å². The lowest BCUT2D eigenvalue weighted by Crippen LogP contribution is -2.37. The average molecular weight is 313 g/mol. The second kappa shape index (κ2) is 6.24. The molecule has 21 heavy (non-hydrogen) atoms. The molecule has 2 N–H and O–H groups in total. The van der Waals surface area contributed by atoms with E-state index in [0.717, 1.165) is 0 Å². The quantitative estimate of drug-likeness (QED) is 0.910. The summed E-state index contributed by atoms with van der Waals surface area (Å²) < 4.78 is 18.5. The Morgan fingerprint density at radius 2 is 2.24 bits per heavy atom. The van der Waals surface area contributed by atoms with Crippen LogP contribution in [-0.2, 0) is 0 Å². The van der Waals surface area contributed by atoms with E-state index < -0.39 is 23.9 Å². The van der Waals surface area contributed by atoms with Crippen LogP contribution >= 0.6 is 11.6 Å². The number of aromatic nitrogens is 1. The van der Waals surface area contributed by atoms with Crippen molar-refractivity contribution in [1.82, 2.24) is 10.5 Å². The Labute approximate surface area is 125 Å². The number of carbonyl (C=O) groups is 1. The third-order valence-electron chi connectivity index (χ3n) is 2.99. The van der Waals surface area contributed by atoms with Crippen molar-refractivity contribution in [3.63, 3.8) is 0 Å². The monoisotopic (exact) mass is 312 g/mol. The van der Waals surface area contributed by atoms with E-state index in [2.05, 4.69) is 10.5 Å². The summed E-state index contributed by atoms with van der Waals surface area (Å²) in [7, 11) is 0. The van der Waals surface area contributed by atoms with Crippen LogP contribution in [0.2, 0.25) is 5.02 Å². The van der Waals surface area contributed by atoms with E-state index in [0.29, 0.717) is 5.76 Å². The van der Waals surface area contributed by atoms with Crippen molar-refractivity contribution in [2.45, 2.75) is 26.0 Å². The number of hydrogen-bond donors (Lipinski definition) is 2. The lowest BCUT2D eigenvalue weighted by molar-refractivity contribution is 0.0837. The van der Waals surface area contributed by atoms with Crippen molar-refractivity contribution in [2.24, 2.45) is 0 Å². The zero-order valence-corrected chi connectivity index (χ0v) is 12.2. The molecule has 0 aliphatic rings. The van der Waals surface area contributed by atoms with Crippen molar-refractivity contribution >= 4 is 17.5 Å². The number of aliphatic hydroxyl groups is 1. The van der Waals surface area contributed by atoms with E-state index in [4.69, 9.17) is 16.1 Å². The topological polar surface area (TPSA) is 75.4 Å². The van der Waals surface area contributed by atoms with Gasteiger partial charge in [-0.25, -0.2) is 4.39 Å². The van der Waals surface area contributed by atoms with E-state index in [1.807, 2.05) is 0 Å². The molecule has 0 radical (unpaired) electrons. The molecule has 0 fully saturated rings. The summed E-state index contributed by atoms with van der Waals surface area (Å²) in [4.78, 5) is 11.9. The second-order valence-corrected chi connectivity index (χ2v) is 5.07. The predicted octanol–water partition coefficient (Wildman–Crippen LogP) is 2.63. The van der Waals surface area contributed by atoms with Crippen LogP contribution in [-0.4, -0.2) is 22.2 Å². The number of nitrogens with zero attached hydrogens (tertiary/aromatic N) is 1. The number of aliphatic hydroxyl groups excluding tert-OH is 1. The van der Waals surface area contributed by atoms with Gasteiger partial charge in [-0.3, -0.25) is 4.79 Å². The summed E-state index contributed by atoms with van der Waals surface area (Å²) in [5.41, 5.74) is 0.0366. The lowest BCUT2D eigenvalue weighted by Gasteiger charge is -2.21. The Kier molecular flexibility index (Phi) is 4.59. The van der Waals surface area contributed by atoms with Gasteiger partial charge in [0, 0.05) is 16.7 Å². The van der Waals surface area contributed by atoms with Gasteiger partial charge in [-0.2, -0.15) is 0 Å². The van der Waals surface area contributed by atoms with Crippen LogP contribution < -0.4 is 5.32 Å². The third kappa shape index (κ3) is 3.40. The largest absolute Gasteiger partial charge is 0.386 e. The van der Waals surface area contributed by atoms with Crippen LogP contribution in [0, 0.1) is 12.7 Å². The first-order valence-corrected chi connectivity index (χ1v) is 6.64. The maximum atomic E-state index is 13.7. The molecule has 2 atom stereocenters. The van der Waals surface area contributed by atoms with Gasteiger partial charge in [-0.15, -0.1) is 0 Å². The van der Waals surface area contributed by atoms with Gasteiger partial charge in [0.15, 0.2) is 5.69 Å². The van der Waals surface area contributed by atoms with Gasteiger partial charge >= 0.3 is 0 Å². The first kappa shape index (κ1) is 15.5. The Balaban J connectivity index is 2.13. The number of halogens is 2. The highest BCUT2D eigenvalue weighted by Gasteiger charge is 2.25. The van der Waals surface area contributed by atoms with E-state index in [-0.39, 0.29) is 16.3 Å². The highest BCUT2D eigenvalue weighted by Crippen LogP contribution is 2.27. The van der Waals surface area contributed by atoms with Gasteiger partial charge < -0.3 is 14.9 Å². The molecule has 0 saturated heterocycles. The molecule has 7 heteroatoms. The Morgan fingerprint density at radius 1 is 1.52 bits per heavy atom. The third-order valence-corrected chi connectivity index (χ3v) is 3.32. The lowest BCUT2D eigenvalue weighted by atomic mass is 10.0. The predicted molar refractivity (Wildman–Crippen MR) is 74.5 cm³/mol. The standard InChI is InChI=1S/C14H14ClFN2O3/c1-7-6-11(18-21-7)14(20)17-8(2)13(19)12-9(15)4-3-5-10(12)16/h3-6,8,13,19H,1-2H3,(H,17,20). The minimum Gasteiger partial charge on any atom is -0.386 e. The Morgan fingerprint density at radius 3 is 2.81 bits per heavy atom. The molecular weight excluding hydrogens is 299 g/mol. The van der Waals surface area contributed by atoms with Gasteiger partial charge in [0.05, 0.1) is 6.04 Å². The summed E-state index contributed by atoms with van der Waals surface area (Å²) >= 11 is 5.89. The smallest absolute Gasteiger partial charge is 0.273 e. The molecule has 0 aliphatic heterocycles. The number of amides is 1. The molecule has 0 saturated carbocycles. The van der Waals surface area contributed by atoms with Crippen molar-refractivity contribution in [1.29, 1.82) is 0 Å². The Bertz CT molecular complexity index is 639. The summed E-state index contributed by atoms with van der Waals surface area (Å²) in [5, 5.41) is 16.4. The molecule has 1 amide bonds. The molecule has 1 heterocycles. The molecule has 0 bridgehead atoms. The molecule has 112 valence electrons. The highest BCUT2D eigenvalue weighted by atomic mass is 35.5. The van der Waals surface area contributed by atoms with Crippen LogP contribution in [0.1, 0.15) is 34.8 Å². The van der Waals surface area contributed by atoms with Gasteiger partial charge in [-0.05, 0) is 26.0 Å². The minimum absolute atomic E-state index is 0.0525. The number of benzene rings is 1.